The van der Waals surface area contributed by atoms with Gasteiger partial charge in [-0.2, -0.15) is 0 Å². The van der Waals surface area contributed by atoms with E-state index in [-0.39, 0.29) is 0 Å². The summed E-state index contributed by atoms with van der Waals surface area (Å²) >= 11 is 8.41. The fourth-order valence-corrected chi connectivity index (χ4v) is 3.84. The zero-order valence-corrected chi connectivity index (χ0v) is 11.8. The second kappa shape index (κ2) is 4.63. The first-order valence-corrected chi connectivity index (χ1v) is 6.57. The van der Waals surface area contributed by atoms with Crippen molar-refractivity contribution in [3.05, 3.63) is 32.0 Å². The Morgan fingerprint density at radius 2 is 1.87 bits per heavy atom. The number of benzene rings is 1. The van der Waals surface area contributed by atoms with Crippen molar-refractivity contribution in [1.29, 1.82) is 0 Å². The highest BCUT2D eigenvalue weighted by atomic mass is 79.9. The van der Waals surface area contributed by atoms with Crippen molar-refractivity contribution in [2.24, 2.45) is 0 Å². The molecule has 2 aromatic rings. The fourth-order valence-electron chi connectivity index (χ4n) is 1.20. The Morgan fingerprint density at radius 1 is 1.20 bits per heavy atom. The number of thiazole rings is 1. The highest BCUT2D eigenvalue weighted by Crippen LogP contribution is 2.35. The second-order valence-electron chi connectivity index (χ2n) is 2.82. The van der Waals surface area contributed by atoms with E-state index in [1.165, 1.54) is 0 Å². The monoisotopic (exact) mass is 347 g/mol. The molecule has 2 rings (SSSR count). The van der Waals surface area contributed by atoms with Crippen LogP contribution in [0.15, 0.2) is 32.0 Å². The number of methoxy groups -OCH3 is 1. The number of aromatic nitrogens is 1. The van der Waals surface area contributed by atoms with Crippen molar-refractivity contribution in [3.8, 4) is 17.0 Å². The zero-order valence-electron chi connectivity index (χ0n) is 7.83. The maximum Gasteiger partial charge on any atom is 0.160 e. The fraction of sp³-hybridized carbons (Fsp3) is 0.100. The predicted octanol–water partition coefficient (Wildman–Crippen LogP) is 4.34. The normalized spacial score (nSPS) is 10.3. The van der Waals surface area contributed by atoms with Gasteiger partial charge in [-0.05, 0) is 56.1 Å². The molecule has 0 spiro atoms. The first kappa shape index (κ1) is 11.1. The highest BCUT2D eigenvalue weighted by molar-refractivity contribution is 9.12. The number of halogens is 2. The molecule has 0 amide bonds. The summed E-state index contributed by atoms with van der Waals surface area (Å²) < 4.78 is 7.00. The van der Waals surface area contributed by atoms with Gasteiger partial charge >= 0.3 is 0 Å². The first-order valence-electron chi connectivity index (χ1n) is 4.17. The van der Waals surface area contributed by atoms with Crippen molar-refractivity contribution < 1.29 is 4.74 Å². The van der Waals surface area contributed by atoms with Gasteiger partial charge in [-0.1, -0.05) is 11.3 Å². The minimum atomic E-state index is 0.851. The lowest BCUT2D eigenvalue weighted by atomic mass is 10.2. The van der Waals surface area contributed by atoms with E-state index in [1.54, 1.807) is 18.4 Å². The van der Waals surface area contributed by atoms with E-state index in [9.17, 15) is 0 Å². The van der Waals surface area contributed by atoms with Crippen LogP contribution in [0, 0.1) is 0 Å². The molecular weight excluding hydrogens is 342 g/mol. The van der Waals surface area contributed by atoms with Crippen LogP contribution in [-0.2, 0) is 0 Å². The van der Waals surface area contributed by atoms with Crippen LogP contribution < -0.4 is 4.74 Å². The van der Waals surface area contributed by atoms with E-state index in [2.05, 4.69) is 36.8 Å². The SMILES string of the molecule is COc1ccc(-c2nc(Br)sc2Br)cc1. The Hall–Kier alpha value is -0.390. The molecule has 0 aliphatic heterocycles. The third kappa shape index (κ3) is 2.41. The molecule has 0 aliphatic carbocycles. The van der Waals surface area contributed by atoms with E-state index < -0.39 is 0 Å². The predicted molar refractivity (Wildman–Crippen MR) is 69.5 cm³/mol. The second-order valence-corrected chi connectivity index (χ2v) is 6.41. The summed E-state index contributed by atoms with van der Waals surface area (Å²) in [6, 6.07) is 7.83. The minimum Gasteiger partial charge on any atom is -0.497 e. The van der Waals surface area contributed by atoms with E-state index in [0.717, 1.165) is 24.7 Å². The molecule has 0 radical (unpaired) electrons. The average Bonchev–Trinajstić information content (AvgIpc) is 2.58. The lowest BCUT2D eigenvalue weighted by molar-refractivity contribution is 0.415. The molecule has 0 bridgehead atoms. The molecule has 5 heteroatoms. The van der Waals surface area contributed by atoms with Crippen LogP contribution in [0.1, 0.15) is 0 Å². The number of hydrogen-bond acceptors (Lipinski definition) is 3. The summed E-state index contributed by atoms with van der Waals surface area (Å²) in [4.78, 5) is 4.38. The number of ether oxygens (including phenoxy) is 1. The van der Waals surface area contributed by atoms with Crippen LogP contribution in [0.25, 0.3) is 11.3 Å². The molecule has 0 N–H and O–H groups in total. The topological polar surface area (TPSA) is 22.1 Å². The molecule has 78 valence electrons. The molecule has 0 atom stereocenters. The maximum absolute atomic E-state index is 5.10. The molecule has 0 unspecified atom stereocenters. The number of rotatable bonds is 2. The molecule has 0 aliphatic rings. The third-order valence-electron chi connectivity index (χ3n) is 1.92. The van der Waals surface area contributed by atoms with Gasteiger partial charge in [0, 0.05) is 5.56 Å². The van der Waals surface area contributed by atoms with Crippen molar-refractivity contribution in [1.82, 2.24) is 4.98 Å². The van der Waals surface area contributed by atoms with Crippen molar-refractivity contribution in [2.75, 3.05) is 7.11 Å². The van der Waals surface area contributed by atoms with Gasteiger partial charge in [0.15, 0.2) is 3.92 Å². The summed E-state index contributed by atoms with van der Waals surface area (Å²) in [7, 11) is 1.66. The Balaban J connectivity index is 2.41. The molecule has 15 heavy (non-hydrogen) atoms. The molecule has 2 nitrogen and oxygen atoms in total. The minimum absolute atomic E-state index is 0.851. The number of nitrogens with zero attached hydrogens (tertiary/aromatic N) is 1. The van der Waals surface area contributed by atoms with Crippen molar-refractivity contribution >= 4 is 43.2 Å². The van der Waals surface area contributed by atoms with E-state index in [0.29, 0.717) is 0 Å². The summed E-state index contributed by atoms with van der Waals surface area (Å²) in [6.07, 6.45) is 0. The standard InChI is InChI=1S/C10H7Br2NOS/c1-14-7-4-2-6(3-5-7)8-9(11)15-10(12)13-8/h2-5H,1H3. The lowest BCUT2D eigenvalue weighted by Crippen LogP contribution is -1.83. The summed E-state index contributed by atoms with van der Waals surface area (Å²) in [5.74, 6) is 0.851. The molecule has 1 heterocycles. The molecule has 0 fully saturated rings. The average molecular weight is 349 g/mol. The Kier molecular flexibility index (Phi) is 3.43. The highest BCUT2D eigenvalue weighted by Gasteiger charge is 2.09. The Bertz CT molecular complexity index is 467. The van der Waals surface area contributed by atoms with Gasteiger partial charge in [0.1, 0.15) is 5.75 Å². The van der Waals surface area contributed by atoms with Gasteiger partial charge in [-0.15, -0.1) is 0 Å². The molecule has 1 aromatic heterocycles. The van der Waals surface area contributed by atoms with Crippen LogP contribution in [-0.4, -0.2) is 12.1 Å². The van der Waals surface area contributed by atoms with E-state index >= 15 is 0 Å². The molecule has 0 saturated carbocycles. The molecular formula is C10H7Br2NOS. The largest absolute Gasteiger partial charge is 0.497 e. The summed E-state index contributed by atoms with van der Waals surface area (Å²) in [6.45, 7) is 0. The zero-order chi connectivity index (χ0) is 10.8. The van der Waals surface area contributed by atoms with Gasteiger partial charge in [0.2, 0.25) is 0 Å². The van der Waals surface area contributed by atoms with Crippen LogP contribution >= 0.6 is 43.2 Å². The van der Waals surface area contributed by atoms with Crippen LogP contribution in [0.2, 0.25) is 0 Å². The van der Waals surface area contributed by atoms with Gasteiger partial charge in [-0.25, -0.2) is 4.98 Å². The maximum atomic E-state index is 5.10. The van der Waals surface area contributed by atoms with Crippen molar-refractivity contribution in [3.63, 3.8) is 0 Å². The van der Waals surface area contributed by atoms with Gasteiger partial charge < -0.3 is 4.74 Å². The van der Waals surface area contributed by atoms with E-state index in [4.69, 9.17) is 4.74 Å². The third-order valence-corrected chi connectivity index (χ3v) is 4.08. The Morgan fingerprint density at radius 3 is 2.33 bits per heavy atom. The van der Waals surface area contributed by atoms with Crippen molar-refractivity contribution in [2.45, 2.75) is 0 Å². The van der Waals surface area contributed by atoms with Crippen LogP contribution in [0.3, 0.4) is 0 Å². The smallest absolute Gasteiger partial charge is 0.160 e. The molecule has 0 saturated heterocycles. The molecule has 1 aromatic carbocycles. The van der Waals surface area contributed by atoms with Gasteiger partial charge in [-0.3, -0.25) is 0 Å². The van der Waals surface area contributed by atoms with Gasteiger partial charge in [0.25, 0.3) is 0 Å². The Labute approximate surface area is 109 Å². The summed E-state index contributed by atoms with van der Waals surface area (Å²) in [5, 5.41) is 0. The van der Waals surface area contributed by atoms with Crippen LogP contribution in [0.4, 0.5) is 0 Å². The number of hydrogen-bond donors (Lipinski definition) is 0. The summed E-state index contributed by atoms with van der Waals surface area (Å²) in [5.41, 5.74) is 2.03. The first-order chi connectivity index (χ1) is 7.20. The van der Waals surface area contributed by atoms with Crippen LogP contribution in [0.5, 0.6) is 5.75 Å². The quantitative estimate of drug-likeness (QED) is 0.805. The lowest BCUT2D eigenvalue weighted by Gasteiger charge is -2.01. The van der Waals surface area contributed by atoms with Gasteiger partial charge in [0.05, 0.1) is 16.6 Å². The van der Waals surface area contributed by atoms with E-state index in [1.807, 2.05) is 24.3 Å².